The van der Waals surface area contributed by atoms with Gasteiger partial charge in [0.2, 0.25) is 5.91 Å². The van der Waals surface area contributed by atoms with Crippen LogP contribution in [0.1, 0.15) is 31.9 Å². The lowest BCUT2D eigenvalue weighted by atomic mass is 9.97. The lowest BCUT2D eigenvalue weighted by Crippen LogP contribution is -2.50. The second-order valence-corrected chi connectivity index (χ2v) is 5.19. The number of hydrogen-bond donors (Lipinski definition) is 3. The second-order valence-electron chi connectivity index (χ2n) is 5.19. The quantitative estimate of drug-likeness (QED) is 0.594. The normalized spacial score (nSPS) is 14.4. The molecule has 0 aromatic heterocycles. The Kier molecular flexibility index (Phi) is 7.21. The fraction of sp³-hybridized carbons (Fsp3) is 0.438. The van der Waals surface area contributed by atoms with Gasteiger partial charge in [0.15, 0.2) is 6.10 Å². The molecule has 3 atom stereocenters. The van der Waals surface area contributed by atoms with Gasteiger partial charge in [0, 0.05) is 0 Å². The zero-order chi connectivity index (χ0) is 17.4. The van der Waals surface area contributed by atoms with Crippen LogP contribution in [-0.2, 0) is 19.1 Å². The van der Waals surface area contributed by atoms with Crippen molar-refractivity contribution in [1.82, 2.24) is 5.32 Å². The maximum Gasteiger partial charge on any atom is 0.306 e. The summed E-state index contributed by atoms with van der Waals surface area (Å²) < 4.78 is 4.81. The number of hydrogen-bond acceptors (Lipinski definition) is 5. The van der Waals surface area contributed by atoms with Crippen LogP contribution < -0.4 is 11.1 Å². The Morgan fingerprint density at radius 3 is 2.39 bits per heavy atom. The number of ether oxygens (including phenoxy) is 1. The molecule has 7 nitrogen and oxygen atoms in total. The van der Waals surface area contributed by atoms with Crippen molar-refractivity contribution in [2.75, 3.05) is 6.61 Å². The van der Waals surface area contributed by atoms with Crippen molar-refractivity contribution in [2.24, 2.45) is 11.7 Å². The average Bonchev–Trinajstić information content (AvgIpc) is 2.52. The van der Waals surface area contributed by atoms with Gasteiger partial charge in [-0.05, 0) is 18.4 Å². The number of esters is 1. The monoisotopic (exact) mass is 322 g/mol. The summed E-state index contributed by atoms with van der Waals surface area (Å²) in [4.78, 5) is 35.1. The summed E-state index contributed by atoms with van der Waals surface area (Å²) in [5, 5.41) is 12.4. The summed E-state index contributed by atoms with van der Waals surface area (Å²) in [7, 11) is 0. The van der Waals surface area contributed by atoms with Crippen molar-refractivity contribution < 1.29 is 24.2 Å². The van der Waals surface area contributed by atoms with E-state index in [9.17, 15) is 19.5 Å². The van der Waals surface area contributed by atoms with E-state index < -0.39 is 35.8 Å². The van der Waals surface area contributed by atoms with Crippen LogP contribution in [-0.4, -0.2) is 35.5 Å². The molecule has 0 aliphatic rings. The van der Waals surface area contributed by atoms with Crippen molar-refractivity contribution in [3.8, 4) is 0 Å². The Morgan fingerprint density at radius 2 is 1.87 bits per heavy atom. The molecule has 126 valence electrons. The number of aliphatic hydroxyl groups is 1. The summed E-state index contributed by atoms with van der Waals surface area (Å²) in [5.74, 6) is -2.58. The van der Waals surface area contributed by atoms with Gasteiger partial charge in [-0.25, -0.2) is 0 Å². The van der Waals surface area contributed by atoms with E-state index in [-0.39, 0.29) is 13.0 Å². The number of amides is 2. The van der Waals surface area contributed by atoms with Gasteiger partial charge in [-0.2, -0.15) is 0 Å². The van der Waals surface area contributed by atoms with Crippen LogP contribution in [0.3, 0.4) is 0 Å². The minimum absolute atomic E-state index is 0.0663. The maximum atomic E-state index is 12.1. The predicted molar refractivity (Wildman–Crippen MR) is 82.9 cm³/mol. The van der Waals surface area contributed by atoms with E-state index in [0.717, 1.165) is 0 Å². The van der Waals surface area contributed by atoms with Crippen LogP contribution in [0, 0.1) is 5.92 Å². The molecule has 0 aliphatic carbocycles. The van der Waals surface area contributed by atoms with E-state index in [1.807, 2.05) is 0 Å². The van der Waals surface area contributed by atoms with Gasteiger partial charge in [-0.1, -0.05) is 37.3 Å². The summed E-state index contributed by atoms with van der Waals surface area (Å²) >= 11 is 0. The number of nitrogens with two attached hydrogens (primary N) is 1. The maximum absolute atomic E-state index is 12.1. The highest BCUT2D eigenvalue weighted by atomic mass is 16.5. The summed E-state index contributed by atoms with van der Waals surface area (Å²) in [5.41, 5.74) is 5.68. The molecule has 23 heavy (non-hydrogen) atoms. The van der Waals surface area contributed by atoms with Crippen LogP contribution in [0.5, 0.6) is 0 Å². The van der Waals surface area contributed by atoms with E-state index >= 15 is 0 Å². The minimum Gasteiger partial charge on any atom is -0.466 e. The van der Waals surface area contributed by atoms with Crippen LogP contribution >= 0.6 is 0 Å². The molecule has 4 N–H and O–H groups in total. The summed E-state index contributed by atoms with van der Waals surface area (Å²) in [6, 6.07) is 7.21. The van der Waals surface area contributed by atoms with Crippen LogP contribution in [0.4, 0.5) is 0 Å². The van der Waals surface area contributed by atoms with E-state index in [0.29, 0.717) is 5.56 Å². The van der Waals surface area contributed by atoms with Crippen molar-refractivity contribution in [2.45, 2.75) is 32.4 Å². The summed E-state index contributed by atoms with van der Waals surface area (Å²) in [6.45, 7) is 3.50. The molecule has 7 heteroatoms. The predicted octanol–water partition coefficient (Wildman–Crippen LogP) is 0.279. The Bertz CT molecular complexity index is 547. The molecule has 0 saturated carbocycles. The van der Waals surface area contributed by atoms with Gasteiger partial charge < -0.3 is 20.9 Å². The summed E-state index contributed by atoms with van der Waals surface area (Å²) in [6.07, 6.45) is -1.49. The molecule has 1 aromatic carbocycles. The van der Waals surface area contributed by atoms with E-state index in [4.69, 9.17) is 10.5 Å². The molecule has 0 radical (unpaired) electrons. The zero-order valence-corrected chi connectivity index (χ0v) is 13.2. The largest absolute Gasteiger partial charge is 0.466 e. The average molecular weight is 322 g/mol. The Morgan fingerprint density at radius 1 is 1.26 bits per heavy atom. The van der Waals surface area contributed by atoms with Crippen molar-refractivity contribution in [1.29, 1.82) is 0 Å². The number of carbonyl (C=O) groups is 3. The van der Waals surface area contributed by atoms with Crippen LogP contribution in [0.15, 0.2) is 30.3 Å². The third kappa shape index (κ3) is 5.71. The third-order valence-corrected chi connectivity index (χ3v) is 3.33. The number of benzene rings is 1. The molecule has 2 amide bonds. The molecular weight excluding hydrogens is 300 g/mol. The highest BCUT2D eigenvalue weighted by molar-refractivity contribution is 5.89. The lowest BCUT2D eigenvalue weighted by Gasteiger charge is -2.23. The fourth-order valence-corrected chi connectivity index (χ4v) is 2.11. The van der Waals surface area contributed by atoms with Crippen molar-refractivity contribution >= 4 is 17.8 Å². The van der Waals surface area contributed by atoms with Gasteiger partial charge in [0.1, 0.15) is 6.04 Å². The van der Waals surface area contributed by atoms with E-state index in [2.05, 4.69) is 5.32 Å². The first-order valence-corrected chi connectivity index (χ1v) is 7.35. The molecule has 0 bridgehead atoms. The highest BCUT2D eigenvalue weighted by Gasteiger charge is 2.29. The molecule has 1 aromatic rings. The fourth-order valence-electron chi connectivity index (χ4n) is 2.11. The SMILES string of the molecule is CCOC(=O)C[C@@H](C)[C@@H](NC(=O)[C@@H](O)c1ccccc1)C(N)=O. The lowest BCUT2D eigenvalue weighted by molar-refractivity contribution is -0.145. The van der Waals surface area contributed by atoms with E-state index in [1.165, 1.54) is 0 Å². The number of nitrogens with one attached hydrogen (secondary N) is 1. The number of carbonyl (C=O) groups excluding carboxylic acids is 3. The van der Waals surface area contributed by atoms with Gasteiger partial charge >= 0.3 is 5.97 Å². The first kappa shape index (κ1) is 18.6. The van der Waals surface area contributed by atoms with E-state index in [1.54, 1.807) is 44.2 Å². The highest BCUT2D eigenvalue weighted by Crippen LogP contribution is 2.15. The molecule has 0 spiro atoms. The van der Waals surface area contributed by atoms with Gasteiger partial charge in [-0.3, -0.25) is 14.4 Å². The third-order valence-electron chi connectivity index (χ3n) is 3.33. The molecular formula is C16H22N2O5. The van der Waals surface area contributed by atoms with Crippen LogP contribution in [0.25, 0.3) is 0 Å². The zero-order valence-electron chi connectivity index (χ0n) is 13.2. The van der Waals surface area contributed by atoms with Crippen LogP contribution in [0.2, 0.25) is 0 Å². The number of rotatable bonds is 8. The second kappa shape index (κ2) is 8.89. The minimum atomic E-state index is -1.42. The topological polar surface area (TPSA) is 119 Å². The molecule has 0 fully saturated rings. The van der Waals surface area contributed by atoms with Crippen molar-refractivity contribution in [3.05, 3.63) is 35.9 Å². The first-order valence-electron chi connectivity index (χ1n) is 7.35. The molecule has 0 heterocycles. The van der Waals surface area contributed by atoms with Crippen molar-refractivity contribution in [3.63, 3.8) is 0 Å². The van der Waals surface area contributed by atoms with Gasteiger partial charge in [0.05, 0.1) is 13.0 Å². The molecule has 1 rings (SSSR count). The standard InChI is InChI=1S/C16H22N2O5/c1-3-23-12(19)9-10(2)13(15(17)21)18-16(22)14(20)11-7-5-4-6-8-11/h4-8,10,13-14,20H,3,9H2,1-2H3,(H2,17,21)(H,18,22)/t10-,13-,14+/m1/s1. The first-order chi connectivity index (χ1) is 10.9. The Hall–Kier alpha value is -2.41. The Labute approximate surface area is 134 Å². The molecule has 0 aliphatic heterocycles. The molecule has 0 saturated heterocycles. The van der Waals surface area contributed by atoms with Gasteiger partial charge in [0.25, 0.3) is 5.91 Å². The van der Waals surface area contributed by atoms with Gasteiger partial charge in [-0.15, -0.1) is 0 Å². The molecule has 0 unspecified atom stereocenters. The number of aliphatic hydroxyl groups excluding tert-OH is 1. The Balaban J connectivity index is 2.73. The smallest absolute Gasteiger partial charge is 0.306 e. The number of primary amides is 1.